The number of amides is 3. The van der Waals surface area contributed by atoms with Crippen LogP contribution in [-0.2, 0) is 20.8 Å². The van der Waals surface area contributed by atoms with E-state index in [1.807, 2.05) is 6.07 Å². The van der Waals surface area contributed by atoms with E-state index in [2.05, 4.69) is 10.6 Å². The minimum Gasteiger partial charge on any atom is -0.497 e. The van der Waals surface area contributed by atoms with Gasteiger partial charge in [0.25, 0.3) is 0 Å². The van der Waals surface area contributed by atoms with Gasteiger partial charge in [-0.2, -0.15) is 0 Å². The molecule has 1 heterocycles. The monoisotopic (exact) mass is 305 g/mol. The predicted molar refractivity (Wildman–Crippen MR) is 79.0 cm³/mol. The molecule has 0 aliphatic carbocycles. The van der Waals surface area contributed by atoms with Gasteiger partial charge in [-0.25, -0.2) is 0 Å². The van der Waals surface area contributed by atoms with Crippen molar-refractivity contribution in [2.24, 2.45) is 5.73 Å². The van der Waals surface area contributed by atoms with Crippen LogP contribution >= 0.6 is 0 Å². The number of hydrogen-bond acceptors (Lipinski definition) is 4. The largest absolute Gasteiger partial charge is 0.497 e. The smallest absolute Gasteiger partial charge is 0.243 e. The molecule has 4 N–H and O–H groups in total. The summed E-state index contributed by atoms with van der Waals surface area (Å²) in [5.74, 6) is -0.517. The van der Waals surface area contributed by atoms with E-state index < -0.39 is 23.9 Å². The van der Waals surface area contributed by atoms with Gasteiger partial charge in [-0.15, -0.1) is 0 Å². The van der Waals surface area contributed by atoms with Crippen molar-refractivity contribution in [2.75, 3.05) is 7.11 Å². The highest BCUT2D eigenvalue weighted by Crippen LogP contribution is 2.14. The molecule has 1 aromatic carbocycles. The average Bonchev–Trinajstić information content (AvgIpc) is 2.93. The second-order valence-electron chi connectivity index (χ2n) is 5.18. The molecule has 1 fully saturated rings. The van der Waals surface area contributed by atoms with Gasteiger partial charge in [0.15, 0.2) is 0 Å². The van der Waals surface area contributed by atoms with Crippen LogP contribution in [0.4, 0.5) is 0 Å². The zero-order chi connectivity index (χ0) is 16.1. The molecule has 0 radical (unpaired) electrons. The molecule has 2 rings (SSSR count). The van der Waals surface area contributed by atoms with E-state index >= 15 is 0 Å². The molecule has 7 heteroatoms. The highest BCUT2D eigenvalue weighted by Gasteiger charge is 2.29. The standard InChI is InChI=1S/C15H19N3O4/c1-22-10-4-2-3-9(7-10)8-12(14(16)20)18-15(21)11-5-6-13(19)17-11/h2-4,7,11-12H,5-6,8H2,1H3,(H2,16,20)(H,17,19)(H,18,21)/t11-,12-/m0/s1. The minimum atomic E-state index is -0.836. The first-order valence-corrected chi connectivity index (χ1v) is 7.01. The van der Waals surface area contributed by atoms with Crippen LogP contribution < -0.4 is 21.1 Å². The molecule has 0 spiro atoms. The van der Waals surface area contributed by atoms with Crippen LogP contribution in [0.1, 0.15) is 18.4 Å². The summed E-state index contributed by atoms with van der Waals surface area (Å²) in [6.45, 7) is 0. The van der Waals surface area contributed by atoms with Crippen molar-refractivity contribution in [1.82, 2.24) is 10.6 Å². The van der Waals surface area contributed by atoms with E-state index in [4.69, 9.17) is 10.5 Å². The van der Waals surface area contributed by atoms with Crippen LogP contribution in [-0.4, -0.2) is 36.9 Å². The van der Waals surface area contributed by atoms with E-state index in [1.54, 1.807) is 25.3 Å². The summed E-state index contributed by atoms with van der Waals surface area (Å²) in [5, 5.41) is 5.15. The Labute approximate surface area is 128 Å². The van der Waals surface area contributed by atoms with Gasteiger partial charge in [0, 0.05) is 12.8 Å². The van der Waals surface area contributed by atoms with E-state index in [9.17, 15) is 14.4 Å². The summed E-state index contributed by atoms with van der Waals surface area (Å²) in [5.41, 5.74) is 6.18. The first kappa shape index (κ1) is 15.8. The van der Waals surface area contributed by atoms with Crippen molar-refractivity contribution < 1.29 is 19.1 Å². The zero-order valence-electron chi connectivity index (χ0n) is 12.3. The zero-order valence-corrected chi connectivity index (χ0v) is 12.3. The fourth-order valence-electron chi connectivity index (χ4n) is 2.34. The van der Waals surface area contributed by atoms with Crippen molar-refractivity contribution >= 4 is 17.7 Å². The predicted octanol–water partition coefficient (Wildman–Crippen LogP) is -0.514. The molecule has 1 aliphatic heterocycles. The molecular weight excluding hydrogens is 286 g/mol. The molecule has 7 nitrogen and oxygen atoms in total. The summed E-state index contributed by atoms with van der Waals surface area (Å²) < 4.78 is 5.12. The Bertz CT molecular complexity index is 588. The van der Waals surface area contributed by atoms with Crippen LogP contribution in [0.15, 0.2) is 24.3 Å². The summed E-state index contributed by atoms with van der Waals surface area (Å²) in [7, 11) is 1.55. The lowest BCUT2D eigenvalue weighted by Gasteiger charge is -2.18. The molecule has 1 aromatic rings. The van der Waals surface area contributed by atoms with Crippen molar-refractivity contribution in [3.63, 3.8) is 0 Å². The van der Waals surface area contributed by atoms with Gasteiger partial charge in [-0.3, -0.25) is 14.4 Å². The summed E-state index contributed by atoms with van der Waals surface area (Å²) in [6.07, 6.45) is 1.00. The summed E-state index contributed by atoms with van der Waals surface area (Å²) >= 11 is 0. The van der Waals surface area contributed by atoms with E-state index in [-0.39, 0.29) is 12.3 Å². The molecule has 118 valence electrons. The van der Waals surface area contributed by atoms with E-state index in [0.717, 1.165) is 5.56 Å². The number of hydrogen-bond donors (Lipinski definition) is 3. The van der Waals surface area contributed by atoms with Crippen LogP contribution in [0.2, 0.25) is 0 Å². The van der Waals surface area contributed by atoms with E-state index in [0.29, 0.717) is 18.6 Å². The Morgan fingerprint density at radius 2 is 2.27 bits per heavy atom. The van der Waals surface area contributed by atoms with Gasteiger partial charge in [0.2, 0.25) is 17.7 Å². The van der Waals surface area contributed by atoms with Crippen LogP contribution in [0.3, 0.4) is 0 Å². The number of benzene rings is 1. The minimum absolute atomic E-state index is 0.163. The van der Waals surface area contributed by atoms with Crippen molar-refractivity contribution in [1.29, 1.82) is 0 Å². The summed E-state index contributed by atoms with van der Waals surface area (Å²) in [4.78, 5) is 34.8. The number of methoxy groups -OCH3 is 1. The van der Waals surface area contributed by atoms with Crippen molar-refractivity contribution in [2.45, 2.75) is 31.3 Å². The third-order valence-electron chi connectivity index (χ3n) is 3.55. The van der Waals surface area contributed by atoms with Gasteiger partial charge in [-0.1, -0.05) is 12.1 Å². The molecule has 1 saturated heterocycles. The normalized spacial score (nSPS) is 18.4. The average molecular weight is 305 g/mol. The lowest BCUT2D eigenvalue weighted by molar-refractivity contribution is -0.129. The van der Waals surface area contributed by atoms with E-state index in [1.165, 1.54) is 0 Å². The highest BCUT2D eigenvalue weighted by atomic mass is 16.5. The second kappa shape index (κ2) is 6.93. The molecular formula is C15H19N3O4. The number of nitrogens with two attached hydrogens (primary N) is 1. The Balaban J connectivity index is 2.01. The topological polar surface area (TPSA) is 111 Å². The second-order valence-corrected chi connectivity index (χ2v) is 5.18. The lowest BCUT2D eigenvalue weighted by Crippen LogP contribution is -2.51. The molecule has 0 unspecified atom stereocenters. The van der Waals surface area contributed by atoms with Crippen LogP contribution in [0, 0.1) is 0 Å². The molecule has 0 bridgehead atoms. The van der Waals surface area contributed by atoms with Gasteiger partial charge >= 0.3 is 0 Å². The first-order chi connectivity index (χ1) is 10.5. The highest BCUT2D eigenvalue weighted by molar-refractivity contribution is 5.93. The molecule has 0 saturated carbocycles. The van der Waals surface area contributed by atoms with Gasteiger partial charge in [0.1, 0.15) is 17.8 Å². The SMILES string of the molecule is COc1cccc(C[C@H](NC(=O)[C@@H]2CCC(=O)N2)C(N)=O)c1. The Morgan fingerprint density at radius 1 is 1.50 bits per heavy atom. The maximum atomic E-state index is 12.1. The first-order valence-electron chi connectivity index (χ1n) is 7.01. The molecule has 22 heavy (non-hydrogen) atoms. The number of rotatable bonds is 6. The summed E-state index contributed by atoms with van der Waals surface area (Å²) in [6, 6.07) is 5.75. The number of nitrogens with one attached hydrogen (secondary N) is 2. The van der Waals surface area contributed by atoms with Crippen LogP contribution in [0.5, 0.6) is 5.75 Å². The molecule has 3 amide bonds. The molecule has 2 atom stereocenters. The fourth-order valence-corrected chi connectivity index (χ4v) is 2.34. The van der Waals surface area contributed by atoms with Gasteiger partial charge in [0.05, 0.1) is 7.11 Å². The number of ether oxygens (including phenoxy) is 1. The van der Waals surface area contributed by atoms with Crippen molar-refractivity contribution in [3.05, 3.63) is 29.8 Å². The quantitative estimate of drug-likeness (QED) is 0.657. The number of carbonyl (C=O) groups excluding carboxylic acids is 3. The Hall–Kier alpha value is -2.57. The number of primary amides is 1. The van der Waals surface area contributed by atoms with Crippen LogP contribution in [0.25, 0.3) is 0 Å². The third-order valence-corrected chi connectivity index (χ3v) is 3.55. The maximum absolute atomic E-state index is 12.1. The fraction of sp³-hybridized carbons (Fsp3) is 0.400. The lowest BCUT2D eigenvalue weighted by atomic mass is 10.0. The maximum Gasteiger partial charge on any atom is 0.243 e. The Kier molecular flexibility index (Phi) is 4.98. The Morgan fingerprint density at radius 3 is 2.86 bits per heavy atom. The van der Waals surface area contributed by atoms with Crippen molar-refractivity contribution in [3.8, 4) is 5.75 Å². The van der Waals surface area contributed by atoms with Gasteiger partial charge in [-0.05, 0) is 24.1 Å². The number of carbonyl (C=O) groups is 3. The molecule has 0 aromatic heterocycles. The molecule has 1 aliphatic rings. The third kappa shape index (κ3) is 3.97. The van der Waals surface area contributed by atoms with Gasteiger partial charge < -0.3 is 21.1 Å².